The van der Waals surface area contributed by atoms with Crippen LogP contribution in [0, 0.1) is 0 Å². The molecule has 1 amide bonds. The molecule has 0 aromatic heterocycles. The fraction of sp³-hybridized carbons (Fsp3) is 0.833. The van der Waals surface area contributed by atoms with E-state index in [0.717, 1.165) is 0 Å². The smallest absolute Gasteiger partial charge is 0.408 e. The number of ether oxygens (including phenoxy) is 2. The molecule has 170 valence electrons. The van der Waals surface area contributed by atoms with E-state index in [-0.39, 0.29) is 0 Å². The van der Waals surface area contributed by atoms with E-state index in [9.17, 15) is 22.8 Å². The largest absolute Gasteiger partial charge is 0.481 e. The van der Waals surface area contributed by atoms with Gasteiger partial charge in [-0.1, -0.05) is 0 Å². The summed E-state index contributed by atoms with van der Waals surface area (Å²) in [6.07, 6.45) is -2.36. The minimum atomic E-state index is -3.75. The van der Waals surface area contributed by atoms with Gasteiger partial charge in [-0.05, 0) is 54.4 Å². The zero-order chi connectivity index (χ0) is 23.1. The molecule has 0 radical (unpaired) electrons. The Kier molecular flexibility index (Phi) is 9.58. The van der Waals surface area contributed by atoms with Crippen LogP contribution >= 0.6 is 0 Å². The van der Waals surface area contributed by atoms with E-state index in [2.05, 4.69) is 5.32 Å². The first-order chi connectivity index (χ1) is 12.9. The Morgan fingerprint density at radius 1 is 0.897 bits per heavy atom. The average molecular weight is 440 g/mol. The molecule has 0 rings (SSSR count). The number of hydrogen-bond donors (Lipinski definition) is 3. The highest BCUT2D eigenvalue weighted by Crippen LogP contribution is 2.25. The fourth-order valence-electron chi connectivity index (χ4n) is 2.27. The molecule has 0 spiro atoms. The molecule has 10 nitrogen and oxygen atoms in total. The number of aliphatic hydroxyl groups excluding tert-OH is 1. The molecule has 0 saturated heterocycles. The second-order valence-corrected chi connectivity index (χ2v) is 11.0. The molecule has 0 saturated carbocycles. The average Bonchev–Trinajstić information content (AvgIpc) is 2.46. The highest BCUT2D eigenvalue weighted by Gasteiger charge is 2.45. The molecule has 0 aliphatic carbocycles. The van der Waals surface area contributed by atoms with Gasteiger partial charge in [-0.25, -0.2) is 18.0 Å². The monoisotopic (exact) mass is 439 g/mol. The number of aliphatic hydroxyl groups is 1. The summed E-state index contributed by atoms with van der Waals surface area (Å²) in [6.45, 7) is 8.96. The summed E-state index contributed by atoms with van der Waals surface area (Å²) in [5.41, 5.74) is -3.80. The summed E-state index contributed by atoms with van der Waals surface area (Å²) < 4.78 is 34.6. The summed E-state index contributed by atoms with van der Waals surface area (Å²) in [6, 6.07) is 0. The van der Waals surface area contributed by atoms with Crippen molar-refractivity contribution in [2.24, 2.45) is 0 Å². The number of alkyl carbamates (subject to hydrolysis) is 1. The highest BCUT2D eigenvalue weighted by molar-refractivity contribution is 7.91. The maximum atomic E-state index is 12.9. The Labute approximate surface area is 171 Å². The number of amides is 1. The van der Waals surface area contributed by atoms with Crippen LogP contribution in [0.2, 0.25) is 0 Å². The summed E-state index contributed by atoms with van der Waals surface area (Å²) in [5, 5.41) is 20.3. The molecule has 29 heavy (non-hydrogen) atoms. The van der Waals surface area contributed by atoms with E-state index >= 15 is 0 Å². The van der Waals surface area contributed by atoms with Gasteiger partial charge >= 0.3 is 18.0 Å². The van der Waals surface area contributed by atoms with E-state index in [4.69, 9.17) is 19.7 Å². The van der Waals surface area contributed by atoms with E-state index in [1.807, 2.05) is 0 Å². The second kappa shape index (κ2) is 10.2. The van der Waals surface area contributed by atoms with Gasteiger partial charge in [-0.2, -0.15) is 0 Å². The fourth-order valence-corrected chi connectivity index (χ4v) is 3.41. The van der Waals surface area contributed by atoms with Crippen LogP contribution < -0.4 is 5.32 Å². The van der Waals surface area contributed by atoms with Crippen LogP contribution in [0.5, 0.6) is 0 Å². The molecule has 1 atom stereocenters. The molecular weight excluding hydrogens is 406 g/mol. The standard InChI is InChI=1S/C18H33NO9S/c1-16(2,3)27-14(23)18(8-7-13(21)22,9-11-29(25,26)12-10-20)19-15(24)28-17(4,5)6/h20H,7-12H2,1-6H3,(H,19,24)(H,21,22)/t18-/m0/s1. The van der Waals surface area contributed by atoms with Gasteiger partial charge in [0.25, 0.3) is 0 Å². The van der Waals surface area contributed by atoms with Crippen molar-refractivity contribution >= 4 is 27.9 Å². The zero-order valence-electron chi connectivity index (χ0n) is 17.9. The summed E-state index contributed by atoms with van der Waals surface area (Å²) in [7, 11) is -3.75. The van der Waals surface area contributed by atoms with Crippen molar-refractivity contribution in [1.82, 2.24) is 5.32 Å². The zero-order valence-corrected chi connectivity index (χ0v) is 18.7. The molecule has 0 aliphatic heterocycles. The van der Waals surface area contributed by atoms with E-state index in [1.165, 1.54) is 0 Å². The molecule has 3 N–H and O–H groups in total. The van der Waals surface area contributed by atoms with Gasteiger partial charge in [-0.3, -0.25) is 4.79 Å². The first-order valence-corrected chi connectivity index (χ1v) is 11.0. The van der Waals surface area contributed by atoms with Crippen LogP contribution in [0.3, 0.4) is 0 Å². The number of esters is 1. The first kappa shape index (κ1) is 27.1. The number of carbonyl (C=O) groups excluding carboxylic acids is 2. The van der Waals surface area contributed by atoms with Gasteiger partial charge < -0.3 is 25.0 Å². The lowest BCUT2D eigenvalue weighted by atomic mass is 9.90. The molecule has 0 aromatic rings. The molecule has 0 bridgehead atoms. The normalized spacial score (nSPS) is 14.6. The van der Waals surface area contributed by atoms with Gasteiger partial charge in [-0.15, -0.1) is 0 Å². The van der Waals surface area contributed by atoms with Crippen molar-refractivity contribution in [3.8, 4) is 0 Å². The van der Waals surface area contributed by atoms with E-state index in [1.54, 1.807) is 41.5 Å². The number of carbonyl (C=O) groups is 3. The first-order valence-electron chi connectivity index (χ1n) is 9.19. The van der Waals surface area contributed by atoms with Crippen molar-refractivity contribution in [3.05, 3.63) is 0 Å². The van der Waals surface area contributed by atoms with Crippen molar-refractivity contribution in [2.75, 3.05) is 18.1 Å². The molecule has 0 heterocycles. The van der Waals surface area contributed by atoms with Gasteiger partial charge in [0.05, 0.1) is 18.1 Å². The number of carboxylic acids is 1. The Balaban J connectivity index is 5.99. The number of hydrogen-bond acceptors (Lipinski definition) is 8. The highest BCUT2D eigenvalue weighted by atomic mass is 32.2. The van der Waals surface area contributed by atoms with Gasteiger partial charge in [0.15, 0.2) is 9.84 Å². The third-order valence-electron chi connectivity index (χ3n) is 3.54. The van der Waals surface area contributed by atoms with Crippen molar-refractivity contribution in [1.29, 1.82) is 0 Å². The lowest BCUT2D eigenvalue weighted by Gasteiger charge is -2.35. The third kappa shape index (κ3) is 11.6. The number of carboxylic acid groups (broad SMARTS) is 1. The third-order valence-corrected chi connectivity index (χ3v) is 5.17. The number of rotatable bonds is 10. The van der Waals surface area contributed by atoms with Crippen molar-refractivity contribution < 1.29 is 42.5 Å². The van der Waals surface area contributed by atoms with Crippen molar-refractivity contribution in [2.45, 2.75) is 77.5 Å². The minimum Gasteiger partial charge on any atom is -0.481 e. The summed E-state index contributed by atoms with van der Waals surface area (Å²) >= 11 is 0. The maximum Gasteiger partial charge on any atom is 0.408 e. The van der Waals surface area contributed by atoms with E-state index in [0.29, 0.717) is 0 Å². The topological polar surface area (TPSA) is 156 Å². The van der Waals surface area contributed by atoms with Crippen molar-refractivity contribution in [3.63, 3.8) is 0 Å². The Hall–Kier alpha value is -1.88. The van der Waals surface area contributed by atoms with Crippen LogP contribution in [-0.2, 0) is 28.9 Å². The summed E-state index contributed by atoms with van der Waals surface area (Å²) in [5.74, 6) is -3.29. The lowest BCUT2D eigenvalue weighted by molar-refractivity contribution is -0.164. The molecule has 0 unspecified atom stereocenters. The number of aliphatic carboxylic acids is 1. The molecule has 0 fully saturated rings. The van der Waals surface area contributed by atoms with Gasteiger partial charge in [0, 0.05) is 6.42 Å². The molecule has 0 aliphatic rings. The molecular formula is C18H33NO9S. The summed E-state index contributed by atoms with van der Waals surface area (Å²) in [4.78, 5) is 36.4. The predicted molar refractivity (Wildman–Crippen MR) is 105 cm³/mol. The Bertz CT molecular complexity index is 689. The van der Waals surface area contributed by atoms with Crippen LogP contribution in [0.1, 0.15) is 60.8 Å². The van der Waals surface area contributed by atoms with Gasteiger partial charge in [0.1, 0.15) is 16.7 Å². The van der Waals surface area contributed by atoms with Crippen LogP contribution in [-0.4, -0.2) is 71.5 Å². The van der Waals surface area contributed by atoms with Crippen LogP contribution in [0.15, 0.2) is 0 Å². The second-order valence-electron chi connectivity index (χ2n) is 8.73. The van der Waals surface area contributed by atoms with Gasteiger partial charge in [0.2, 0.25) is 0 Å². The lowest BCUT2D eigenvalue weighted by Crippen LogP contribution is -2.58. The van der Waals surface area contributed by atoms with Crippen LogP contribution in [0.25, 0.3) is 0 Å². The minimum absolute atomic E-state index is 0.398. The molecule has 0 aromatic carbocycles. The Morgan fingerprint density at radius 3 is 1.83 bits per heavy atom. The maximum absolute atomic E-state index is 12.9. The quantitative estimate of drug-likeness (QED) is 0.426. The number of sulfone groups is 1. The Morgan fingerprint density at radius 2 is 1.41 bits per heavy atom. The van der Waals surface area contributed by atoms with Crippen LogP contribution in [0.4, 0.5) is 4.79 Å². The number of nitrogens with one attached hydrogen (secondary N) is 1. The predicted octanol–water partition coefficient (Wildman–Crippen LogP) is 1.25. The SMILES string of the molecule is CC(C)(C)OC(=O)N[C@@](CCC(=O)O)(CCS(=O)(=O)CCO)C(=O)OC(C)(C)C. The molecule has 11 heteroatoms. The van der Waals surface area contributed by atoms with E-state index < -0.39 is 82.0 Å².